The number of nitrogens with one attached hydrogen (secondary N) is 1. The van der Waals surface area contributed by atoms with Crippen LogP contribution >= 0.6 is 0 Å². The summed E-state index contributed by atoms with van der Waals surface area (Å²) in [6.45, 7) is 0.300. The quantitative estimate of drug-likeness (QED) is 0.548. The Hall–Kier alpha value is -3.24. The summed E-state index contributed by atoms with van der Waals surface area (Å²) in [6.07, 6.45) is 6.04. The zero-order valence-electron chi connectivity index (χ0n) is 20.7. The largest absolute Gasteiger partial charge is 0.469 e. The lowest BCUT2D eigenvalue weighted by atomic mass is 9.99. The number of ether oxygens (including phenoxy) is 1. The molecule has 4 rings (SSSR count). The van der Waals surface area contributed by atoms with E-state index in [1.807, 2.05) is 0 Å². The van der Waals surface area contributed by atoms with Crippen molar-refractivity contribution in [2.24, 2.45) is 9.50 Å². The maximum Gasteiger partial charge on any atom is 0.354 e. The number of nitrogens with zero attached hydrogens (tertiary/aromatic N) is 2. The Balaban J connectivity index is 1.44. The number of hydrogen-bond donors (Lipinski definition) is 2. The molecule has 10 heteroatoms. The van der Waals surface area contributed by atoms with E-state index >= 15 is 0 Å². The topological polar surface area (TPSA) is 131 Å². The lowest BCUT2D eigenvalue weighted by Gasteiger charge is -2.17. The number of nitrogens with two attached hydrogens (primary N) is 1. The molecule has 0 aliphatic heterocycles. The number of methoxy groups -OCH3 is 1. The van der Waals surface area contributed by atoms with Crippen molar-refractivity contribution < 1.29 is 23.3 Å². The minimum absolute atomic E-state index is 0.0198. The van der Waals surface area contributed by atoms with Crippen LogP contribution in [0.25, 0.3) is 0 Å². The predicted molar refractivity (Wildman–Crippen MR) is 137 cm³/mol. The molecule has 0 heterocycles. The highest BCUT2D eigenvalue weighted by Gasteiger charge is 2.25. The third kappa shape index (κ3) is 5.76. The van der Waals surface area contributed by atoms with Crippen molar-refractivity contribution in [3.05, 3.63) is 58.1 Å². The SMILES string of the molecule is COC(=O)CCC(=O)N(C)Cc1ccc(S(N)(=O)=NC(=O)Nc2c3c(cc4c2CCC4)CCC3)cc1. The van der Waals surface area contributed by atoms with Gasteiger partial charge in [-0.25, -0.2) is 14.1 Å². The van der Waals surface area contributed by atoms with Crippen molar-refractivity contribution in [2.75, 3.05) is 19.5 Å². The fourth-order valence-electron chi connectivity index (χ4n) is 4.93. The van der Waals surface area contributed by atoms with Gasteiger partial charge in [-0.05, 0) is 78.5 Å². The van der Waals surface area contributed by atoms with E-state index in [0.29, 0.717) is 6.54 Å². The molecule has 0 aromatic heterocycles. The van der Waals surface area contributed by atoms with Crippen LogP contribution in [-0.2, 0) is 56.5 Å². The van der Waals surface area contributed by atoms with Crippen molar-refractivity contribution >= 4 is 33.5 Å². The summed E-state index contributed by atoms with van der Waals surface area (Å²) in [5.74, 6) is -0.634. The highest BCUT2D eigenvalue weighted by atomic mass is 32.2. The van der Waals surface area contributed by atoms with E-state index in [4.69, 9.17) is 5.14 Å². The normalized spacial score (nSPS) is 15.4. The first-order valence-corrected chi connectivity index (χ1v) is 13.7. The molecule has 2 aliphatic carbocycles. The lowest BCUT2D eigenvalue weighted by molar-refractivity contribution is -0.143. The molecule has 0 saturated carbocycles. The van der Waals surface area contributed by atoms with Crippen LogP contribution in [0.15, 0.2) is 39.6 Å². The number of carbonyl (C=O) groups is 3. The van der Waals surface area contributed by atoms with Crippen LogP contribution in [0, 0.1) is 0 Å². The van der Waals surface area contributed by atoms with Crippen molar-refractivity contribution in [1.29, 1.82) is 0 Å². The maximum atomic E-state index is 13.1. The minimum Gasteiger partial charge on any atom is -0.469 e. The van der Waals surface area contributed by atoms with Gasteiger partial charge >= 0.3 is 12.0 Å². The average molecular weight is 513 g/mol. The molecule has 3 amide bonds. The molecule has 0 spiro atoms. The van der Waals surface area contributed by atoms with Crippen LogP contribution in [0.2, 0.25) is 0 Å². The number of fused-ring (bicyclic) bond motifs is 2. The second-order valence-corrected chi connectivity index (χ2v) is 11.1. The molecule has 1 unspecified atom stereocenters. The van der Waals surface area contributed by atoms with Gasteiger partial charge in [-0.3, -0.25) is 9.59 Å². The van der Waals surface area contributed by atoms with Crippen LogP contribution in [0.4, 0.5) is 10.5 Å². The number of rotatable bonds is 7. The molecule has 0 radical (unpaired) electrons. The van der Waals surface area contributed by atoms with Gasteiger partial charge in [0.2, 0.25) is 5.91 Å². The smallest absolute Gasteiger partial charge is 0.354 e. The number of carbonyl (C=O) groups excluding carboxylic acids is 3. The molecule has 1 atom stereocenters. The van der Waals surface area contributed by atoms with Gasteiger partial charge in [0, 0.05) is 25.7 Å². The van der Waals surface area contributed by atoms with E-state index in [1.54, 1.807) is 31.3 Å². The molecule has 2 aromatic rings. The molecule has 2 aliphatic rings. The van der Waals surface area contributed by atoms with Gasteiger partial charge < -0.3 is 15.0 Å². The summed E-state index contributed by atoms with van der Waals surface area (Å²) in [7, 11) is -0.543. The van der Waals surface area contributed by atoms with E-state index in [2.05, 4.69) is 20.5 Å². The number of amides is 3. The summed E-state index contributed by atoms with van der Waals surface area (Å²) >= 11 is 0. The van der Waals surface area contributed by atoms with E-state index < -0.39 is 21.9 Å². The standard InChI is InChI=1S/C26H32N4O5S/c1-30(23(31)13-14-24(32)35-2)16-17-9-11-20(12-10-17)36(27,34)29-26(33)28-25-21-7-3-5-18(21)15-19-6-4-8-22(19)25/h9-12,15H,3-8,13-14,16H2,1-2H3,(H3,27,28,29,33,34). The Bertz CT molecular complexity index is 1280. The number of anilines is 1. The number of esters is 1. The number of benzene rings is 2. The first-order valence-electron chi connectivity index (χ1n) is 12.1. The van der Waals surface area contributed by atoms with E-state index in [-0.39, 0.29) is 23.6 Å². The van der Waals surface area contributed by atoms with Gasteiger partial charge in [0.25, 0.3) is 0 Å². The number of hydrogen-bond acceptors (Lipinski definition) is 5. The third-order valence-corrected chi connectivity index (χ3v) is 8.19. The Kier molecular flexibility index (Phi) is 7.75. The van der Waals surface area contributed by atoms with E-state index in [1.165, 1.54) is 23.1 Å². The monoisotopic (exact) mass is 512 g/mol. The van der Waals surface area contributed by atoms with Gasteiger partial charge in [-0.1, -0.05) is 18.2 Å². The van der Waals surface area contributed by atoms with Gasteiger partial charge in [-0.15, -0.1) is 4.36 Å². The van der Waals surface area contributed by atoms with Crippen molar-refractivity contribution in [3.8, 4) is 0 Å². The van der Waals surface area contributed by atoms with E-state index in [9.17, 15) is 18.6 Å². The second kappa shape index (κ2) is 10.8. The number of urea groups is 1. The molecule has 3 N–H and O–H groups in total. The molecule has 192 valence electrons. The van der Waals surface area contributed by atoms with Crippen LogP contribution in [0.5, 0.6) is 0 Å². The fraction of sp³-hybridized carbons (Fsp3) is 0.423. The maximum absolute atomic E-state index is 13.1. The lowest BCUT2D eigenvalue weighted by Crippen LogP contribution is -2.26. The molecule has 9 nitrogen and oxygen atoms in total. The van der Waals surface area contributed by atoms with Crippen molar-refractivity contribution in [3.63, 3.8) is 0 Å². The van der Waals surface area contributed by atoms with Gasteiger partial charge in [0.05, 0.1) is 18.4 Å². The molecule has 36 heavy (non-hydrogen) atoms. The average Bonchev–Trinajstić information content (AvgIpc) is 3.51. The van der Waals surface area contributed by atoms with Crippen LogP contribution in [0.3, 0.4) is 0 Å². The van der Waals surface area contributed by atoms with E-state index in [0.717, 1.165) is 60.9 Å². The van der Waals surface area contributed by atoms with Gasteiger partial charge in [-0.2, -0.15) is 0 Å². The molecule has 0 fully saturated rings. The molecular formula is C26H32N4O5S. The zero-order chi connectivity index (χ0) is 25.9. The van der Waals surface area contributed by atoms with Crippen molar-refractivity contribution in [2.45, 2.75) is 62.8 Å². The van der Waals surface area contributed by atoms with Crippen LogP contribution in [0.1, 0.15) is 53.5 Å². The molecule has 0 saturated heterocycles. The second-order valence-electron chi connectivity index (χ2n) is 9.29. The summed E-state index contributed by atoms with van der Waals surface area (Å²) in [5, 5.41) is 8.89. The highest BCUT2D eigenvalue weighted by molar-refractivity contribution is 7.91. The Morgan fingerprint density at radius 1 is 1.03 bits per heavy atom. The summed E-state index contributed by atoms with van der Waals surface area (Å²) in [4.78, 5) is 38.0. The number of aryl methyl sites for hydroxylation is 2. The fourth-order valence-corrected chi connectivity index (χ4v) is 5.85. The van der Waals surface area contributed by atoms with Gasteiger partial charge in [0.15, 0.2) is 0 Å². The molecule has 0 bridgehead atoms. The molecular weight excluding hydrogens is 480 g/mol. The Labute approximate surface area is 211 Å². The van der Waals surface area contributed by atoms with Crippen LogP contribution in [-0.4, -0.2) is 41.2 Å². The Morgan fingerprint density at radius 3 is 2.22 bits per heavy atom. The van der Waals surface area contributed by atoms with Crippen LogP contribution < -0.4 is 10.5 Å². The summed E-state index contributed by atoms with van der Waals surface area (Å²) in [6, 6.07) is 8.05. The zero-order valence-corrected chi connectivity index (χ0v) is 21.5. The first-order chi connectivity index (χ1) is 17.2. The highest BCUT2D eigenvalue weighted by Crippen LogP contribution is 2.38. The van der Waals surface area contributed by atoms with Crippen molar-refractivity contribution in [1.82, 2.24) is 4.90 Å². The first kappa shape index (κ1) is 25.8. The minimum atomic E-state index is -3.46. The molecule has 2 aromatic carbocycles. The predicted octanol–water partition coefficient (Wildman–Crippen LogP) is 3.51. The summed E-state index contributed by atoms with van der Waals surface area (Å²) in [5.41, 5.74) is 6.50. The third-order valence-electron chi connectivity index (χ3n) is 6.80. The summed E-state index contributed by atoms with van der Waals surface area (Å²) < 4.78 is 21.5. The Morgan fingerprint density at radius 2 is 1.64 bits per heavy atom. The van der Waals surface area contributed by atoms with Gasteiger partial charge in [0.1, 0.15) is 9.92 Å².